The Labute approximate surface area is 106 Å². The quantitative estimate of drug-likeness (QED) is 0.809. The van der Waals surface area contributed by atoms with Gasteiger partial charge >= 0.3 is 0 Å². The number of nitrogen functional groups attached to an aromatic ring is 1. The van der Waals surface area contributed by atoms with E-state index < -0.39 is 0 Å². The predicted molar refractivity (Wildman–Crippen MR) is 71.4 cm³/mol. The van der Waals surface area contributed by atoms with Crippen molar-refractivity contribution in [3.05, 3.63) is 41.7 Å². The maximum atomic E-state index is 12.1. The smallest absolute Gasteiger partial charge is 0.259 e. The minimum Gasteiger partial charge on any atom is -0.399 e. The Balaban J connectivity index is 2.21. The van der Waals surface area contributed by atoms with E-state index in [1.165, 1.54) is 0 Å². The molecule has 2 aromatic rings. The molecule has 0 unspecified atom stereocenters. The number of nitrogens with one attached hydrogen (secondary N) is 1. The highest BCUT2D eigenvalue weighted by Gasteiger charge is 2.14. The van der Waals surface area contributed by atoms with Gasteiger partial charge in [-0.1, -0.05) is 13.0 Å². The summed E-state index contributed by atoms with van der Waals surface area (Å²) in [6.07, 6.45) is 2.45. The Hall–Kier alpha value is -2.30. The molecule has 18 heavy (non-hydrogen) atoms. The van der Waals surface area contributed by atoms with Crippen LogP contribution < -0.4 is 11.1 Å². The normalized spacial score (nSPS) is 10.3. The largest absolute Gasteiger partial charge is 0.399 e. The number of aromatic nitrogens is 2. The van der Waals surface area contributed by atoms with Gasteiger partial charge in [-0.15, -0.1) is 0 Å². The van der Waals surface area contributed by atoms with Crippen LogP contribution in [-0.4, -0.2) is 15.7 Å². The van der Waals surface area contributed by atoms with E-state index in [1.807, 2.05) is 6.92 Å². The third kappa shape index (κ3) is 2.51. The van der Waals surface area contributed by atoms with Crippen LogP contribution in [0.4, 0.5) is 11.4 Å². The van der Waals surface area contributed by atoms with Crippen molar-refractivity contribution in [1.29, 1.82) is 0 Å². The predicted octanol–water partition coefficient (Wildman–Crippen LogP) is 1.82. The van der Waals surface area contributed by atoms with Gasteiger partial charge in [-0.25, -0.2) is 0 Å². The zero-order chi connectivity index (χ0) is 13.1. The summed E-state index contributed by atoms with van der Waals surface area (Å²) in [5.74, 6) is -0.162. The first-order valence-corrected chi connectivity index (χ1v) is 5.79. The Bertz CT molecular complexity index is 574. The number of rotatable bonds is 3. The van der Waals surface area contributed by atoms with E-state index in [4.69, 9.17) is 5.73 Å². The number of carbonyl (C=O) groups is 1. The Morgan fingerprint density at radius 3 is 2.94 bits per heavy atom. The summed E-state index contributed by atoms with van der Waals surface area (Å²) < 4.78 is 1.65. The van der Waals surface area contributed by atoms with Crippen LogP contribution in [0, 0.1) is 0 Å². The number of aryl methyl sites for hydroxylation is 2. The van der Waals surface area contributed by atoms with Crippen LogP contribution in [0.3, 0.4) is 0 Å². The van der Waals surface area contributed by atoms with Crippen molar-refractivity contribution in [1.82, 2.24) is 9.78 Å². The Morgan fingerprint density at radius 2 is 2.28 bits per heavy atom. The lowest BCUT2D eigenvalue weighted by molar-refractivity contribution is 0.102. The fourth-order valence-corrected chi connectivity index (χ4v) is 1.80. The zero-order valence-electron chi connectivity index (χ0n) is 10.5. The number of hydrogen-bond acceptors (Lipinski definition) is 3. The summed E-state index contributed by atoms with van der Waals surface area (Å²) in [6, 6.07) is 7.10. The first kappa shape index (κ1) is 12.2. The third-order valence-corrected chi connectivity index (χ3v) is 2.63. The van der Waals surface area contributed by atoms with E-state index in [2.05, 4.69) is 10.4 Å². The van der Waals surface area contributed by atoms with Gasteiger partial charge in [0, 0.05) is 24.6 Å². The average Bonchev–Trinajstić information content (AvgIpc) is 2.70. The minimum absolute atomic E-state index is 0.162. The summed E-state index contributed by atoms with van der Waals surface area (Å²) in [4.78, 5) is 12.1. The molecule has 0 radical (unpaired) electrons. The van der Waals surface area contributed by atoms with Crippen LogP contribution in [0.1, 0.15) is 23.0 Å². The Morgan fingerprint density at radius 1 is 1.50 bits per heavy atom. The number of hydrogen-bond donors (Lipinski definition) is 2. The topological polar surface area (TPSA) is 72.9 Å². The van der Waals surface area contributed by atoms with Crippen LogP contribution >= 0.6 is 0 Å². The number of carbonyl (C=O) groups excluding carboxylic acids is 1. The van der Waals surface area contributed by atoms with Crippen LogP contribution in [0.5, 0.6) is 0 Å². The molecule has 94 valence electrons. The van der Waals surface area contributed by atoms with Gasteiger partial charge in [0.2, 0.25) is 0 Å². The van der Waals surface area contributed by atoms with Crippen molar-refractivity contribution in [2.45, 2.75) is 13.3 Å². The molecule has 1 aromatic heterocycles. The molecule has 3 N–H and O–H groups in total. The van der Waals surface area contributed by atoms with Gasteiger partial charge in [-0.05, 0) is 24.6 Å². The van der Waals surface area contributed by atoms with Gasteiger partial charge in [0.1, 0.15) is 0 Å². The molecule has 0 atom stereocenters. The number of anilines is 2. The molecule has 0 aliphatic heterocycles. The monoisotopic (exact) mass is 244 g/mol. The van der Waals surface area contributed by atoms with Gasteiger partial charge in [-0.3, -0.25) is 9.48 Å². The van der Waals surface area contributed by atoms with Gasteiger partial charge in [-0.2, -0.15) is 5.10 Å². The third-order valence-electron chi connectivity index (χ3n) is 2.63. The van der Waals surface area contributed by atoms with Crippen molar-refractivity contribution >= 4 is 17.3 Å². The van der Waals surface area contributed by atoms with E-state index in [0.717, 1.165) is 12.1 Å². The number of nitrogens with zero attached hydrogens (tertiary/aromatic N) is 2. The van der Waals surface area contributed by atoms with Crippen molar-refractivity contribution in [2.75, 3.05) is 11.1 Å². The SMILES string of the molecule is CCc1nn(C)cc1C(=O)Nc1cccc(N)c1. The molecule has 1 aromatic carbocycles. The molecular formula is C13H16N4O. The standard InChI is InChI=1S/C13H16N4O/c1-3-12-11(8-17(2)16-12)13(18)15-10-6-4-5-9(14)7-10/h4-8H,3,14H2,1-2H3,(H,15,18). The first-order chi connectivity index (χ1) is 8.60. The molecule has 5 nitrogen and oxygen atoms in total. The highest BCUT2D eigenvalue weighted by Crippen LogP contribution is 2.14. The molecule has 2 rings (SSSR count). The second-order valence-electron chi connectivity index (χ2n) is 4.10. The fraction of sp³-hybridized carbons (Fsp3) is 0.231. The van der Waals surface area contributed by atoms with E-state index in [0.29, 0.717) is 16.9 Å². The van der Waals surface area contributed by atoms with E-state index >= 15 is 0 Å². The molecular weight excluding hydrogens is 228 g/mol. The molecule has 0 aliphatic carbocycles. The number of benzene rings is 1. The first-order valence-electron chi connectivity index (χ1n) is 5.79. The average molecular weight is 244 g/mol. The number of nitrogens with two attached hydrogens (primary N) is 1. The van der Waals surface area contributed by atoms with E-state index in [-0.39, 0.29) is 5.91 Å². The lowest BCUT2D eigenvalue weighted by Gasteiger charge is -2.05. The molecule has 0 aliphatic rings. The molecule has 1 amide bonds. The molecule has 1 heterocycles. The summed E-state index contributed by atoms with van der Waals surface area (Å²) in [6.45, 7) is 1.97. The highest BCUT2D eigenvalue weighted by atomic mass is 16.1. The van der Waals surface area contributed by atoms with Crippen molar-refractivity contribution in [3.63, 3.8) is 0 Å². The van der Waals surface area contributed by atoms with Crippen molar-refractivity contribution in [3.8, 4) is 0 Å². The summed E-state index contributed by atoms with van der Waals surface area (Å²) in [7, 11) is 1.80. The summed E-state index contributed by atoms with van der Waals surface area (Å²) in [5, 5.41) is 7.06. The maximum Gasteiger partial charge on any atom is 0.259 e. The second kappa shape index (κ2) is 4.91. The number of amides is 1. The summed E-state index contributed by atoms with van der Waals surface area (Å²) in [5.41, 5.74) is 8.36. The maximum absolute atomic E-state index is 12.1. The van der Waals surface area contributed by atoms with Gasteiger partial charge < -0.3 is 11.1 Å². The van der Waals surface area contributed by atoms with Crippen molar-refractivity contribution in [2.24, 2.45) is 7.05 Å². The van der Waals surface area contributed by atoms with E-state index in [9.17, 15) is 4.79 Å². The van der Waals surface area contributed by atoms with Gasteiger partial charge in [0.25, 0.3) is 5.91 Å². The molecule has 0 bridgehead atoms. The molecule has 0 saturated heterocycles. The van der Waals surface area contributed by atoms with Crippen LogP contribution in [0.2, 0.25) is 0 Å². The van der Waals surface area contributed by atoms with Gasteiger partial charge in [0.05, 0.1) is 11.3 Å². The van der Waals surface area contributed by atoms with Gasteiger partial charge in [0.15, 0.2) is 0 Å². The molecule has 0 saturated carbocycles. The molecule has 0 fully saturated rings. The van der Waals surface area contributed by atoms with Crippen LogP contribution in [0.15, 0.2) is 30.5 Å². The van der Waals surface area contributed by atoms with Crippen molar-refractivity contribution < 1.29 is 4.79 Å². The van der Waals surface area contributed by atoms with E-state index in [1.54, 1.807) is 42.2 Å². The minimum atomic E-state index is -0.162. The van der Waals surface area contributed by atoms with Crippen LogP contribution in [-0.2, 0) is 13.5 Å². The molecule has 0 spiro atoms. The Kier molecular flexibility index (Phi) is 3.32. The highest BCUT2D eigenvalue weighted by molar-refractivity contribution is 6.05. The zero-order valence-corrected chi connectivity index (χ0v) is 10.5. The lowest BCUT2D eigenvalue weighted by Crippen LogP contribution is -2.13. The summed E-state index contributed by atoms with van der Waals surface area (Å²) >= 11 is 0. The van der Waals surface area contributed by atoms with Crippen LogP contribution in [0.25, 0.3) is 0 Å². The molecule has 5 heteroatoms. The fourth-order valence-electron chi connectivity index (χ4n) is 1.80. The second-order valence-corrected chi connectivity index (χ2v) is 4.10. The lowest BCUT2D eigenvalue weighted by atomic mass is 10.2.